The number of carbonyl (C=O) groups is 1. The first kappa shape index (κ1) is 18.0. The van der Waals surface area contributed by atoms with Gasteiger partial charge in [0.2, 0.25) is 0 Å². The topological polar surface area (TPSA) is 120 Å². The number of anilines is 4. The van der Waals surface area contributed by atoms with E-state index in [1.165, 1.54) is 0 Å². The summed E-state index contributed by atoms with van der Waals surface area (Å²) < 4.78 is 7.91. The Morgan fingerprint density at radius 2 is 1.93 bits per heavy atom. The molecule has 1 amide bonds. The van der Waals surface area contributed by atoms with Crippen LogP contribution in [0.2, 0.25) is 0 Å². The minimum absolute atomic E-state index is 0.132. The number of hydrogen-bond acceptors (Lipinski definition) is 9. The first-order chi connectivity index (χ1) is 13.6. The van der Waals surface area contributed by atoms with Gasteiger partial charge >= 0.3 is 0 Å². The van der Waals surface area contributed by atoms with Crippen LogP contribution in [0.5, 0.6) is 5.75 Å². The van der Waals surface area contributed by atoms with E-state index in [0.717, 1.165) is 17.5 Å². The molecule has 4 N–H and O–H groups in total. The Morgan fingerprint density at radius 3 is 2.61 bits per heavy atom. The molecule has 1 aliphatic heterocycles. The van der Waals surface area contributed by atoms with Gasteiger partial charge in [0.25, 0.3) is 5.91 Å². The number of phenols is 1. The molecular weight excluding hydrogens is 378 g/mol. The predicted octanol–water partition coefficient (Wildman–Crippen LogP) is 1.93. The molecule has 10 heteroatoms. The number of aromatic hydroxyl groups is 1. The van der Waals surface area contributed by atoms with E-state index in [4.69, 9.17) is 5.73 Å². The maximum absolute atomic E-state index is 12.9. The van der Waals surface area contributed by atoms with Gasteiger partial charge in [-0.15, -0.1) is 0 Å². The molecule has 0 radical (unpaired) electrons. The molecule has 0 unspecified atom stereocenters. The number of carbonyl (C=O) groups excluding carboxylic acids is 1. The molecule has 28 heavy (non-hydrogen) atoms. The van der Waals surface area contributed by atoms with Crippen molar-refractivity contribution in [2.24, 2.45) is 0 Å². The second-order valence-corrected chi connectivity index (χ2v) is 6.82. The lowest BCUT2D eigenvalue weighted by Gasteiger charge is -2.35. The van der Waals surface area contributed by atoms with Crippen LogP contribution in [0.25, 0.3) is 0 Å². The second-order valence-electron chi connectivity index (χ2n) is 6.29. The normalized spacial score (nSPS) is 14.1. The SMILES string of the molecule is Nc1nsnc1Nc1cccc(C(=O)N2CCN(c3ccccn3)CC2)c1O. The van der Waals surface area contributed by atoms with E-state index in [9.17, 15) is 9.90 Å². The number of para-hydroxylation sites is 1. The Hall–Kier alpha value is -3.40. The summed E-state index contributed by atoms with van der Waals surface area (Å²) in [5.74, 6) is 1.15. The van der Waals surface area contributed by atoms with Crippen molar-refractivity contribution in [1.29, 1.82) is 0 Å². The number of amides is 1. The third-order valence-corrected chi connectivity index (χ3v) is 5.12. The van der Waals surface area contributed by atoms with Gasteiger partial charge in [-0.2, -0.15) is 8.75 Å². The van der Waals surface area contributed by atoms with E-state index < -0.39 is 0 Å². The summed E-state index contributed by atoms with van der Waals surface area (Å²) in [5.41, 5.74) is 6.31. The molecule has 2 aromatic heterocycles. The van der Waals surface area contributed by atoms with Crippen molar-refractivity contribution in [3.05, 3.63) is 48.2 Å². The number of rotatable bonds is 4. The van der Waals surface area contributed by atoms with Gasteiger partial charge < -0.3 is 26.0 Å². The first-order valence-electron chi connectivity index (χ1n) is 8.76. The van der Waals surface area contributed by atoms with Crippen LogP contribution in [0, 0.1) is 0 Å². The van der Waals surface area contributed by atoms with Crippen LogP contribution in [-0.4, -0.2) is 55.8 Å². The molecule has 1 aromatic carbocycles. The summed E-state index contributed by atoms with van der Waals surface area (Å²) in [6.07, 6.45) is 1.76. The fraction of sp³-hybridized carbons (Fsp3) is 0.222. The van der Waals surface area contributed by atoms with Crippen molar-refractivity contribution in [2.45, 2.75) is 0 Å². The molecule has 1 aliphatic rings. The molecule has 9 nitrogen and oxygen atoms in total. The molecule has 4 rings (SSSR count). The fourth-order valence-electron chi connectivity index (χ4n) is 3.08. The van der Waals surface area contributed by atoms with E-state index in [1.54, 1.807) is 29.3 Å². The van der Waals surface area contributed by atoms with Crippen molar-refractivity contribution >= 4 is 40.8 Å². The van der Waals surface area contributed by atoms with Crippen LogP contribution in [-0.2, 0) is 0 Å². The zero-order chi connectivity index (χ0) is 19.5. The lowest BCUT2D eigenvalue weighted by Crippen LogP contribution is -2.49. The highest BCUT2D eigenvalue weighted by atomic mass is 32.1. The Morgan fingerprint density at radius 1 is 1.11 bits per heavy atom. The zero-order valence-corrected chi connectivity index (χ0v) is 15.8. The van der Waals surface area contributed by atoms with Gasteiger partial charge in [0.1, 0.15) is 5.82 Å². The maximum atomic E-state index is 12.9. The van der Waals surface area contributed by atoms with Gasteiger partial charge in [0, 0.05) is 32.4 Å². The Labute approximate surface area is 165 Å². The maximum Gasteiger partial charge on any atom is 0.257 e. The van der Waals surface area contributed by atoms with Gasteiger partial charge in [-0.1, -0.05) is 12.1 Å². The van der Waals surface area contributed by atoms with E-state index in [1.807, 2.05) is 18.2 Å². The first-order valence-corrected chi connectivity index (χ1v) is 9.49. The number of piperazine rings is 1. The van der Waals surface area contributed by atoms with Crippen molar-refractivity contribution in [3.63, 3.8) is 0 Å². The average molecular weight is 397 g/mol. The monoisotopic (exact) mass is 397 g/mol. The quantitative estimate of drug-likeness (QED) is 0.571. The molecule has 3 heterocycles. The van der Waals surface area contributed by atoms with Crippen molar-refractivity contribution in [2.75, 3.05) is 42.1 Å². The summed E-state index contributed by atoms with van der Waals surface area (Å²) in [6.45, 7) is 2.47. The molecule has 0 bridgehead atoms. The van der Waals surface area contributed by atoms with E-state index >= 15 is 0 Å². The number of nitrogens with two attached hydrogens (primary N) is 1. The molecule has 144 valence electrons. The van der Waals surface area contributed by atoms with E-state index in [0.29, 0.717) is 37.7 Å². The lowest BCUT2D eigenvalue weighted by molar-refractivity contribution is 0.0743. The van der Waals surface area contributed by atoms with Crippen molar-refractivity contribution in [1.82, 2.24) is 18.6 Å². The number of phenolic OH excluding ortho intramolecular Hbond substituents is 1. The van der Waals surface area contributed by atoms with Crippen molar-refractivity contribution in [3.8, 4) is 5.75 Å². The lowest BCUT2D eigenvalue weighted by atomic mass is 10.1. The largest absolute Gasteiger partial charge is 0.505 e. The minimum atomic E-state index is -0.216. The third-order valence-electron chi connectivity index (χ3n) is 4.57. The molecule has 3 aromatic rings. The molecule has 1 fully saturated rings. The number of aromatic nitrogens is 3. The molecule has 1 saturated heterocycles. The molecule has 0 saturated carbocycles. The zero-order valence-electron chi connectivity index (χ0n) is 14.9. The van der Waals surface area contributed by atoms with Gasteiger partial charge in [0.15, 0.2) is 17.4 Å². The minimum Gasteiger partial charge on any atom is -0.505 e. The van der Waals surface area contributed by atoms with Crippen LogP contribution in [0.15, 0.2) is 42.6 Å². The Bertz CT molecular complexity index is 971. The average Bonchev–Trinajstić information content (AvgIpc) is 3.14. The van der Waals surface area contributed by atoms with Crippen molar-refractivity contribution < 1.29 is 9.90 Å². The van der Waals surface area contributed by atoms with Crippen LogP contribution >= 0.6 is 11.7 Å². The molecule has 0 aliphatic carbocycles. The molecular formula is C18H19N7O2S. The van der Waals surface area contributed by atoms with Crippen LogP contribution < -0.4 is 16.0 Å². The highest BCUT2D eigenvalue weighted by Gasteiger charge is 2.25. The number of nitrogens with one attached hydrogen (secondary N) is 1. The smallest absolute Gasteiger partial charge is 0.257 e. The van der Waals surface area contributed by atoms with Crippen LogP contribution in [0.4, 0.5) is 23.1 Å². The fourth-order valence-corrected chi connectivity index (χ4v) is 3.51. The molecule has 0 atom stereocenters. The van der Waals surface area contributed by atoms with Gasteiger partial charge in [-0.25, -0.2) is 4.98 Å². The number of benzene rings is 1. The number of pyridine rings is 1. The summed E-state index contributed by atoms with van der Waals surface area (Å²) in [6, 6.07) is 10.7. The van der Waals surface area contributed by atoms with Crippen LogP contribution in [0.3, 0.4) is 0 Å². The summed E-state index contributed by atoms with van der Waals surface area (Å²) >= 11 is 0.969. The third kappa shape index (κ3) is 3.54. The highest BCUT2D eigenvalue weighted by molar-refractivity contribution is 6.99. The summed E-state index contributed by atoms with van der Waals surface area (Å²) in [5, 5.41) is 13.5. The Balaban J connectivity index is 1.47. The standard InChI is InChI=1S/C18H19N7O2S/c19-16-17(23-28-22-16)21-13-5-3-4-12(15(13)26)18(27)25-10-8-24(9-11-25)14-6-1-2-7-20-14/h1-7,26H,8-11H2,(H2,19,22)(H,21,23). The summed E-state index contributed by atoms with van der Waals surface area (Å²) in [4.78, 5) is 21.2. The second kappa shape index (κ2) is 7.69. The highest BCUT2D eigenvalue weighted by Crippen LogP contribution is 2.32. The van der Waals surface area contributed by atoms with E-state index in [-0.39, 0.29) is 23.0 Å². The molecule has 0 spiro atoms. The number of nitrogen functional groups attached to an aromatic ring is 1. The van der Waals surface area contributed by atoms with Gasteiger partial charge in [0.05, 0.1) is 23.0 Å². The van der Waals surface area contributed by atoms with Crippen LogP contribution in [0.1, 0.15) is 10.4 Å². The number of hydrogen-bond donors (Lipinski definition) is 3. The Kier molecular flexibility index (Phi) is 4.94. The van der Waals surface area contributed by atoms with Gasteiger partial charge in [-0.05, 0) is 24.3 Å². The van der Waals surface area contributed by atoms with E-state index in [2.05, 4.69) is 23.9 Å². The van der Waals surface area contributed by atoms with Gasteiger partial charge in [-0.3, -0.25) is 4.79 Å². The number of nitrogens with zero attached hydrogens (tertiary/aromatic N) is 5. The summed E-state index contributed by atoms with van der Waals surface area (Å²) in [7, 11) is 0. The predicted molar refractivity (Wildman–Crippen MR) is 108 cm³/mol.